The van der Waals surface area contributed by atoms with Gasteiger partial charge in [-0.25, -0.2) is 4.98 Å². The summed E-state index contributed by atoms with van der Waals surface area (Å²) in [5.41, 5.74) is 1.84. The molecule has 0 aromatic carbocycles. The first kappa shape index (κ1) is 9.63. The van der Waals surface area contributed by atoms with Crippen LogP contribution < -0.4 is 10.2 Å². The summed E-state index contributed by atoms with van der Waals surface area (Å²) >= 11 is 0. The van der Waals surface area contributed by atoms with Gasteiger partial charge in [0.1, 0.15) is 6.04 Å². The molecule has 0 bridgehead atoms. The Morgan fingerprint density at radius 1 is 1.50 bits per heavy atom. The molecule has 1 amide bonds. The van der Waals surface area contributed by atoms with Gasteiger partial charge in [0.25, 0.3) is 0 Å². The van der Waals surface area contributed by atoms with E-state index in [1.807, 2.05) is 19.1 Å². The highest BCUT2D eigenvalue weighted by Gasteiger charge is 2.41. The molecule has 4 heteroatoms. The van der Waals surface area contributed by atoms with Crippen molar-refractivity contribution in [1.29, 1.82) is 0 Å². The molecular weight excluding hydrogens is 202 g/mol. The lowest BCUT2D eigenvalue weighted by Gasteiger charge is -2.33. The lowest BCUT2D eigenvalue weighted by molar-refractivity contribution is -0.118. The number of amides is 1. The summed E-state index contributed by atoms with van der Waals surface area (Å²) in [7, 11) is 0. The van der Waals surface area contributed by atoms with Gasteiger partial charge in [-0.3, -0.25) is 4.79 Å². The van der Waals surface area contributed by atoms with Crippen LogP contribution in [-0.4, -0.2) is 23.5 Å². The predicted octanol–water partition coefficient (Wildman–Crippen LogP) is 1.56. The summed E-state index contributed by atoms with van der Waals surface area (Å²) in [6.45, 7) is 5.04. The Morgan fingerprint density at radius 3 is 3.12 bits per heavy atom. The molecule has 0 spiro atoms. The van der Waals surface area contributed by atoms with Crippen LogP contribution in [0.2, 0.25) is 0 Å². The number of aromatic nitrogens is 1. The second-order valence-corrected chi connectivity index (χ2v) is 4.72. The number of carbonyl (C=O) groups excluding carboxylic acids is 1. The number of hydrogen-bond donors (Lipinski definition) is 1. The van der Waals surface area contributed by atoms with Crippen molar-refractivity contribution in [3.05, 3.63) is 17.8 Å². The number of aryl methyl sites for hydroxylation is 1. The lowest BCUT2D eigenvalue weighted by atomic mass is 10.0. The van der Waals surface area contributed by atoms with Crippen LogP contribution in [0.5, 0.6) is 0 Å². The third-order valence-corrected chi connectivity index (χ3v) is 3.51. The molecule has 4 nitrogen and oxygen atoms in total. The fourth-order valence-electron chi connectivity index (χ4n) is 2.65. The molecule has 2 atom stereocenters. The molecule has 1 fully saturated rings. The van der Waals surface area contributed by atoms with E-state index in [0.29, 0.717) is 5.92 Å². The van der Waals surface area contributed by atoms with Crippen LogP contribution in [0.4, 0.5) is 11.5 Å². The summed E-state index contributed by atoms with van der Waals surface area (Å²) in [6, 6.07) is 3.84. The van der Waals surface area contributed by atoms with E-state index in [0.717, 1.165) is 30.2 Å². The quantitative estimate of drug-likeness (QED) is 0.717. The van der Waals surface area contributed by atoms with Gasteiger partial charge in [0.15, 0.2) is 5.82 Å². The van der Waals surface area contributed by atoms with Crippen molar-refractivity contribution in [3.63, 3.8) is 0 Å². The molecule has 0 aliphatic carbocycles. The minimum absolute atomic E-state index is 0.0261. The summed E-state index contributed by atoms with van der Waals surface area (Å²) < 4.78 is 0. The van der Waals surface area contributed by atoms with E-state index in [1.54, 1.807) is 0 Å². The van der Waals surface area contributed by atoms with Crippen LogP contribution in [0.15, 0.2) is 12.1 Å². The first-order valence-corrected chi connectivity index (χ1v) is 5.72. The first-order valence-electron chi connectivity index (χ1n) is 5.72. The molecule has 16 heavy (non-hydrogen) atoms. The molecule has 1 aromatic heterocycles. The summed E-state index contributed by atoms with van der Waals surface area (Å²) in [5, 5.41) is 2.95. The highest BCUT2D eigenvalue weighted by Crippen LogP contribution is 2.37. The number of nitrogens with zero attached hydrogens (tertiary/aromatic N) is 2. The molecule has 0 radical (unpaired) electrons. The van der Waals surface area contributed by atoms with Crippen molar-refractivity contribution in [2.45, 2.75) is 26.3 Å². The number of hydrogen-bond acceptors (Lipinski definition) is 3. The normalized spacial score (nSPS) is 27.4. The van der Waals surface area contributed by atoms with Gasteiger partial charge in [0.05, 0.1) is 5.69 Å². The van der Waals surface area contributed by atoms with Crippen molar-refractivity contribution in [2.24, 2.45) is 5.92 Å². The van der Waals surface area contributed by atoms with Crippen LogP contribution in [0.1, 0.15) is 19.0 Å². The molecule has 1 saturated heterocycles. The Morgan fingerprint density at radius 2 is 2.31 bits per heavy atom. The number of anilines is 2. The van der Waals surface area contributed by atoms with Gasteiger partial charge >= 0.3 is 0 Å². The summed E-state index contributed by atoms with van der Waals surface area (Å²) in [4.78, 5) is 18.6. The zero-order chi connectivity index (χ0) is 11.3. The van der Waals surface area contributed by atoms with Crippen molar-refractivity contribution in [2.75, 3.05) is 16.8 Å². The molecular formula is C12H15N3O. The number of nitrogens with one attached hydrogen (secondary N) is 1. The number of rotatable bonds is 0. The fraction of sp³-hybridized carbons (Fsp3) is 0.500. The van der Waals surface area contributed by atoms with Crippen LogP contribution >= 0.6 is 0 Å². The lowest BCUT2D eigenvalue weighted by Crippen LogP contribution is -2.46. The third-order valence-electron chi connectivity index (χ3n) is 3.51. The predicted molar refractivity (Wildman–Crippen MR) is 62.5 cm³/mol. The van der Waals surface area contributed by atoms with Gasteiger partial charge in [-0.2, -0.15) is 0 Å². The second kappa shape index (κ2) is 3.20. The van der Waals surface area contributed by atoms with Crippen LogP contribution in [-0.2, 0) is 4.79 Å². The second-order valence-electron chi connectivity index (χ2n) is 4.72. The van der Waals surface area contributed by atoms with E-state index in [4.69, 9.17) is 0 Å². The standard InChI is InChI=1S/C12H15N3O/c1-7-5-6-15-10(7)12(16)14-9-4-3-8(2)13-11(9)15/h3-4,7,10H,5-6H2,1-2H3,(H,14,16). The first-order chi connectivity index (χ1) is 7.66. The Kier molecular flexibility index (Phi) is 1.93. The van der Waals surface area contributed by atoms with E-state index >= 15 is 0 Å². The van der Waals surface area contributed by atoms with Crippen LogP contribution in [0, 0.1) is 12.8 Å². The third kappa shape index (κ3) is 1.22. The highest BCUT2D eigenvalue weighted by atomic mass is 16.2. The monoisotopic (exact) mass is 217 g/mol. The minimum Gasteiger partial charge on any atom is -0.343 e. The van der Waals surface area contributed by atoms with Gasteiger partial charge in [0.2, 0.25) is 5.91 Å². The Balaban J connectivity index is 2.11. The summed E-state index contributed by atoms with van der Waals surface area (Å²) in [5.74, 6) is 1.47. The molecule has 0 saturated carbocycles. The molecule has 2 aliphatic rings. The average molecular weight is 217 g/mol. The van der Waals surface area contributed by atoms with Crippen molar-refractivity contribution < 1.29 is 4.79 Å². The van der Waals surface area contributed by atoms with Gasteiger partial charge in [-0.05, 0) is 31.4 Å². The Bertz CT molecular complexity index is 458. The zero-order valence-electron chi connectivity index (χ0n) is 9.53. The molecule has 84 valence electrons. The maximum atomic E-state index is 12.0. The molecule has 2 aliphatic heterocycles. The largest absolute Gasteiger partial charge is 0.343 e. The number of pyridine rings is 1. The minimum atomic E-state index is -0.0261. The molecule has 3 heterocycles. The van der Waals surface area contributed by atoms with Crippen LogP contribution in [0.25, 0.3) is 0 Å². The molecule has 1 aromatic rings. The van der Waals surface area contributed by atoms with E-state index in [9.17, 15) is 4.79 Å². The van der Waals surface area contributed by atoms with Crippen molar-refractivity contribution in [1.82, 2.24) is 4.98 Å². The van der Waals surface area contributed by atoms with Gasteiger partial charge in [0, 0.05) is 12.2 Å². The number of fused-ring (bicyclic) bond motifs is 3. The van der Waals surface area contributed by atoms with Gasteiger partial charge in [-0.15, -0.1) is 0 Å². The highest BCUT2D eigenvalue weighted by molar-refractivity contribution is 6.03. The van der Waals surface area contributed by atoms with Crippen molar-refractivity contribution >= 4 is 17.4 Å². The fourth-order valence-corrected chi connectivity index (χ4v) is 2.65. The van der Waals surface area contributed by atoms with Gasteiger partial charge in [-0.1, -0.05) is 6.92 Å². The SMILES string of the molecule is Cc1ccc2c(n1)N1CCC(C)C1C(=O)N2. The van der Waals surface area contributed by atoms with E-state index in [2.05, 4.69) is 22.1 Å². The summed E-state index contributed by atoms with van der Waals surface area (Å²) in [6.07, 6.45) is 1.06. The Labute approximate surface area is 94.7 Å². The maximum absolute atomic E-state index is 12.0. The van der Waals surface area contributed by atoms with Gasteiger partial charge < -0.3 is 10.2 Å². The molecule has 1 N–H and O–H groups in total. The van der Waals surface area contributed by atoms with E-state index < -0.39 is 0 Å². The average Bonchev–Trinajstić information content (AvgIpc) is 2.63. The van der Waals surface area contributed by atoms with E-state index in [1.165, 1.54) is 0 Å². The molecule has 2 unspecified atom stereocenters. The van der Waals surface area contributed by atoms with E-state index in [-0.39, 0.29) is 11.9 Å². The number of carbonyl (C=O) groups is 1. The Hall–Kier alpha value is -1.58. The zero-order valence-corrected chi connectivity index (χ0v) is 9.53. The maximum Gasteiger partial charge on any atom is 0.247 e. The van der Waals surface area contributed by atoms with Crippen LogP contribution in [0.3, 0.4) is 0 Å². The smallest absolute Gasteiger partial charge is 0.247 e. The topological polar surface area (TPSA) is 45.2 Å². The molecule has 3 rings (SSSR count). The van der Waals surface area contributed by atoms with Crippen molar-refractivity contribution in [3.8, 4) is 0 Å².